The van der Waals surface area contributed by atoms with Crippen LogP contribution < -0.4 is 0 Å². The molecule has 4 nitrogen and oxygen atoms in total. The first-order valence-electron chi connectivity index (χ1n) is 12.1. The Morgan fingerprint density at radius 3 is 2.06 bits per heavy atom. The van der Waals surface area contributed by atoms with Crippen molar-refractivity contribution in [3.8, 4) is 22.6 Å². The SMILES string of the molecule is Cc1nc(Sc2ccccc2)nc(-c2ccc(-c3ccc4c(c3)C(C)(C)C(C)(C)C4(C)C)nc2)n1. The predicted molar refractivity (Wildman–Crippen MR) is 144 cm³/mol. The molecule has 0 aliphatic heterocycles. The molecule has 0 saturated heterocycles. The number of nitrogens with zero attached hydrogens (tertiary/aromatic N) is 4. The van der Waals surface area contributed by atoms with Crippen molar-refractivity contribution in [3.63, 3.8) is 0 Å². The number of hydrogen-bond donors (Lipinski definition) is 0. The smallest absolute Gasteiger partial charge is 0.196 e. The van der Waals surface area contributed by atoms with Crippen molar-refractivity contribution in [2.75, 3.05) is 0 Å². The molecule has 1 aliphatic rings. The summed E-state index contributed by atoms with van der Waals surface area (Å²) in [4.78, 5) is 19.7. The first-order valence-corrected chi connectivity index (χ1v) is 12.9. The average Bonchev–Trinajstić information content (AvgIpc) is 2.93. The van der Waals surface area contributed by atoms with Gasteiger partial charge in [-0.15, -0.1) is 0 Å². The first kappa shape index (κ1) is 23.7. The molecule has 0 unspecified atom stereocenters. The monoisotopic (exact) mass is 480 g/mol. The van der Waals surface area contributed by atoms with Gasteiger partial charge in [0.25, 0.3) is 0 Å². The van der Waals surface area contributed by atoms with Crippen LogP contribution in [0.3, 0.4) is 0 Å². The molecule has 0 bridgehead atoms. The fourth-order valence-electron chi connectivity index (χ4n) is 5.14. The number of aryl methyl sites for hydroxylation is 1. The van der Waals surface area contributed by atoms with Gasteiger partial charge in [0.1, 0.15) is 5.82 Å². The standard InChI is InChI=1S/C30H32N4S/c1-19-32-26(34-27(33-19)35-22-11-9-8-10-12-22)21-14-16-25(31-18-21)20-13-15-23-24(17-20)29(4,5)30(6,7)28(23,2)3/h8-18H,1-7H3. The molecule has 35 heavy (non-hydrogen) atoms. The zero-order chi connectivity index (χ0) is 25.0. The Morgan fingerprint density at radius 2 is 1.37 bits per heavy atom. The minimum absolute atomic E-state index is 0.0665. The minimum Gasteiger partial charge on any atom is -0.255 e. The van der Waals surface area contributed by atoms with E-state index in [4.69, 9.17) is 9.97 Å². The van der Waals surface area contributed by atoms with Crippen LogP contribution in [0.4, 0.5) is 0 Å². The lowest BCUT2D eigenvalue weighted by atomic mass is 9.59. The molecule has 0 spiro atoms. The van der Waals surface area contributed by atoms with Gasteiger partial charge in [-0.25, -0.2) is 15.0 Å². The second-order valence-corrected chi connectivity index (χ2v) is 12.0. The number of pyridine rings is 1. The zero-order valence-corrected chi connectivity index (χ0v) is 22.4. The van der Waals surface area contributed by atoms with Gasteiger partial charge in [-0.1, -0.05) is 71.9 Å². The summed E-state index contributed by atoms with van der Waals surface area (Å²) in [6.45, 7) is 16.2. The molecule has 0 N–H and O–H groups in total. The van der Waals surface area contributed by atoms with Crippen LogP contribution in [0.5, 0.6) is 0 Å². The van der Waals surface area contributed by atoms with E-state index in [1.54, 1.807) is 0 Å². The second-order valence-electron chi connectivity index (χ2n) is 11.0. The molecule has 0 amide bonds. The highest BCUT2D eigenvalue weighted by Crippen LogP contribution is 2.61. The number of hydrogen-bond acceptors (Lipinski definition) is 5. The van der Waals surface area contributed by atoms with Gasteiger partial charge < -0.3 is 0 Å². The maximum atomic E-state index is 4.81. The fourth-order valence-corrected chi connectivity index (χ4v) is 5.96. The minimum atomic E-state index is 0.0665. The summed E-state index contributed by atoms with van der Waals surface area (Å²) in [6.07, 6.45) is 1.87. The molecule has 5 heteroatoms. The Kier molecular flexibility index (Phi) is 5.59. The number of fused-ring (bicyclic) bond motifs is 1. The molecule has 2 aromatic heterocycles. The Balaban J connectivity index is 1.46. The average molecular weight is 481 g/mol. The maximum absolute atomic E-state index is 4.81. The summed E-state index contributed by atoms with van der Waals surface area (Å²) in [7, 11) is 0. The Labute approximate surface area is 212 Å². The quantitative estimate of drug-likeness (QED) is 0.300. The van der Waals surface area contributed by atoms with Crippen molar-refractivity contribution < 1.29 is 0 Å². The normalized spacial score (nSPS) is 17.2. The molecule has 178 valence electrons. The van der Waals surface area contributed by atoms with Gasteiger partial charge in [-0.3, -0.25) is 4.98 Å². The zero-order valence-electron chi connectivity index (χ0n) is 21.5. The van der Waals surface area contributed by atoms with Gasteiger partial charge in [0.2, 0.25) is 0 Å². The molecule has 5 rings (SSSR count). The number of benzene rings is 2. The van der Waals surface area contributed by atoms with Crippen LogP contribution in [-0.2, 0) is 10.8 Å². The molecular weight excluding hydrogens is 448 g/mol. The Hall–Kier alpha value is -3.05. The lowest BCUT2D eigenvalue weighted by Crippen LogP contribution is -2.42. The Morgan fingerprint density at radius 1 is 0.686 bits per heavy atom. The fraction of sp³-hybridized carbons (Fsp3) is 0.333. The summed E-state index contributed by atoms with van der Waals surface area (Å²) < 4.78 is 0. The van der Waals surface area contributed by atoms with E-state index < -0.39 is 0 Å². The van der Waals surface area contributed by atoms with Crippen LogP contribution in [0.2, 0.25) is 0 Å². The van der Waals surface area contributed by atoms with Crippen molar-refractivity contribution in [1.29, 1.82) is 0 Å². The van der Waals surface area contributed by atoms with Crippen molar-refractivity contribution in [2.45, 2.75) is 69.3 Å². The molecule has 1 aliphatic carbocycles. The molecular formula is C30H32N4S. The lowest BCUT2D eigenvalue weighted by molar-refractivity contribution is 0.125. The summed E-state index contributed by atoms with van der Waals surface area (Å²) in [5, 5.41) is 0.689. The highest BCUT2D eigenvalue weighted by molar-refractivity contribution is 7.99. The number of rotatable bonds is 4. The van der Waals surface area contributed by atoms with E-state index in [9.17, 15) is 0 Å². The molecule has 0 atom stereocenters. The third kappa shape index (κ3) is 3.86. The van der Waals surface area contributed by atoms with Gasteiger partial charge >= 0.3 is 0 Å². The molecule has 0 fully saturated rings. The Bertz CT molecular complexity index is 1390. The summed E-state index contributed by atoms with van der Waals surface area (Å²) >= 11 is 1.54. The van der Waals surface area contributed by atoms with E-state index in [2.05, 4.69) is 94.0 Å². The van der Waals surface area contributed by atoms with Crippen molar-refractivity contribution in [1.82, 2.24) is 19.9 Å². The van der Waals surface area contributed by atoms with E-state index in [-0.39, 0.29) is 16.2 Å². The third-order valence-corrected chi connectivity index (χ3v) is 9.36. The summed E-state index contributed by atoms with van der Waals surface area (Å²) in [6, 6.07) is 21.1. The van der Waals surface area contributed by atoms with E-state index in [1.807, 2.05) is 31.3 Å². The van der Waals surface area contributed by atoms with Crippen molar-refractivity contribution in [2.24, 2.45) is 5.41 Å². The van der Waals surface area contributed by atoms with Crippen LogP contribution in [-0.4, -0.2) is 19.9 Å². The van der Waals surface area contributed by atoms with Crippen molar-refractivity contribution in [3.05, 3.63) is 83.8 Å². The highest BCUT2D eigenvalue weighted by Gasteiger charge is 2.56. The molecule has 2 heterocycles. The van der Waals surface area contributed by atoms with E-state index in [0.29, 0.717) is 16.8 Å². The van der Waals surface area contributed by atoms with E-state index >= 15 is 0 Å². The van der Waals surface area contributed by atoms with Crippen LogP contribution in [0.15, 0.2) is 76.9 Å². The van der Waals surface area contributed by atoms with Crippen molar-refractivity contribution >= 4 is 11.8 Å². The van der Waals surface area contributed by atoms with Gasteiger partial charge in [-0.05, 0) is 76.4 Å². The predicted octanol–water partition coefficient (Wildman–Crippen LogP) is 7.66. The van der Waals surface area contributed by atoms with Crippen LogP contribution in [0, 0.1) is 12.3 Å². The van der Waals surface area contributed by atoms with Crippen LogP contribution in [0.25, 0.3) is 22.6 Å². The van der Waals surface area contributed by atoms with E-state index in [1.165, 1.54) is 22.9 Å². The largest absolute Gasteiger partial charge is 0.255 e. The van der Waals surface area contributed by atoms with Crippen LogP contribution in [0.1, 0.15) is 58.5 Å². The molecule has 0 saturated carbocycles. The van der Waals surface area contributed by atoms with Gasteiger partial charge in [-0.2, -0.15) is 0 Å². The summed E-state index contributed by atoms with van der Waals surface area (Å²) in [5.74, 6) is 1.34. The van der Waals surface area contributed by atoms with Gasteiger partial charge in [0.05, 0.1) is 5.69 Å². The third-order valence-electron chi connectivity index (χ3n) is 8.49. The summed E-state index contributed by atoms with van der Waals surface area (Å²) in [5.41, 5.74) is 6.17. The van der Waals surface area contributed by atoms with Crippen LogP contribution >= 0.6 is 11.8 Å². The molecule has 2 aromatic carbocycles. The lowest BCUT2D eigenvalue weighted by Gasteiger charge is -2.44. The van der Waals surface area contributed by atoms with Gasteiger partial charge in [0, 0.05) is 22.2 Å². The highest BCUT2D eigenvalue weighted by atomic mass is 32.2. The molecule has 4 aromatic rings. The topological polar surface area (TPSA) is 51.6 Å². The van der Waals surface area contributed by atoms with Gasteiger partial charge in [0.15, 0.2) is 11.0 Å². The molecule has 0 radical (unpaired) electrons. The van der Waals surface area contributed by atoms with E-state index in [0.717, 1.165) is 21.7 Å². The number of aromatic nitrogens is 4. The maximum Gasteiger partial charge on any atom is 0.196 e. The first-order chi connectivity index (χ1) is 16.5. The second kappa shape index (κ2) is 8.27.